The van der Waals surface area contributed by atoms with E-state index in [-0.39, 0.29) is 11.5 Å². The minimum absolute atomic E-state index is 0.0882. The minimum Gasteiger partial charge on any atom is -0.496 e. The Hall–Kier alpha value is -2.59. The molecule has 1 heterocycles. The molecule has 3 atom stereocenters. The maximum Gasteiger partial charge on any atom is 0.198 e. The zero-order chi connectivity index (χ0) is 20.9. The van der Waals surface area contributed by atoms with Gasteiger partial charge in [-0.3, -0.25) is 0 Å². The van der Waals surface area contributed by atoms with Crippen molar-refractivity contribution >= 4 is 11.7 Å². The number of allylic oxidation sites excluding steroid dienone is 1. The largest absolute Gasteiger partial charge is 0.496 e. The molecular weight excluding hydrogens is 374 g/mol. The molecule has 1 saturated carbocycles. The summed E-state index contributed by atoms with van der Waals surface area (Å²) in [6.45, 7) is 4.70. The van der Waals surface area contributed by atoms with E-state index in [0.29, 0.717) is 12.5 Å². The Kier molecular flexibility index (Phi) is 4.51. The second-order valence-electron chi connectivity index (χ2n) is 9.25. The molecule has 2 aromatic carbocycles. The highest BCUT2D eigenvalue weighted by Gasteiger charge is 2.60. The van der Waals surface area contributed by atoms with Gasteiger partial charge in [-0.15, -0.1) is 0 Å². The fourth-order valence-electron chi connectivity index (χ4n) is 5.68. The van der Waals surface area contributed by atoms with E-state index in [9.17, 15) is 5.11 Å². The number of fused-ring (bicyclic) bond motifs is 2. The molecule has 5 rings (SSSR count). The Balaban J connectivity index is 1.84. The number of hydrogen-bond acceptors (Lipinski definition) is 4. The van der Waals surface area contributed by atoms with Gasteiger partial charge < -0.3 is 14.6 Å². The summed E-state index contributed by atoms with van der Waals surface area (Å²) in [7, 11) is 1.75. The third-order valence-corrected chi connectivity index (χ3v) is 6.89. The van der Waals surface area contributed by atoms with E-state index < -0.39 is 11.5 Å². The predicted molar refractivity (Wildman–Crippen MR) is 118 cm³/mol. The highest BCUT2D eigenvalue weighted by atomic mass is 16.5. The SMILES string of the molecule is COC1=C2CCC[C@@H]2[C@@](C2=NC(C)(C)CO2)(C(O)c2ccccc2)c2ccccc21. The van der Waals surface area contributed by atoms with Gasteiger partial charge in [0.05, 0.1) is 18.8 Å². The van der Waals surface area contributed by atoms with Crippen LogP contribution < -0.4 is 0 Å². The van der Waals surface area contributed by atoms with Crippen molar-refractivity contribution in [3.63, 3.8) is 0 Å². The van der Waals surface area contributed by atoms with E-state index in [0.717, 1.165) is 41.7 Å². The summed E-state index contributed by atoms with van der Waals surface area (Å²) >= 11 is 0. The van der Waals surface area contributed by atoms with E-state index in [1.54, 1.807) is 7.11 Å². The van der Waals surface area contributed by atoms with Crippen molar-refractivity contribution in [1.82, 2.24) is 0 Å². The van der Waals surface area contributed by atoms with Crippen LogP contribution in [0.15, 0.2) is 65.2 Å². The van der Waals surface area contributed by atoms with Crippen molar-refractivity contribution in [2.75, 3.05) is 13.7 Å². The number of aliphatic hydroxyl groups is 1. The third kappa shape index (κ3) is 2.66. The summed E-state index contributed by atoms with van der Waals surface area (Å²) in [6, 6.07) is 18.2. The molecule has 2 aliphatic carbocycles. The highest BCUT2D eigenvalue weighted by Crippen LogP contribution is 2.59. The van der Waals surface area contributed by atoms with Gasteiger partial charge in [-0.2, -0.15) is 0 Å². The Bertz CT molecular complexity index is 1020. The van der Waals surface area contributed by atoms with E-state index in [4.69, 9.17) is 14.5 Å². The van der Waals surface area contributed by atoms with Gasteiger partial charge in [0, 0.05) is 11.5 Å². The number of methoxy groups -OCH3 is 1. The quantitative estimate of drug-likeness (QED) is 0.778. The monoisotopic (exact) mass is 403 g/mol. The molecule has 156 valence electrons. The lowest BCUT2D eigenvalue weighted by atomic mass is 9.59. The molecule has 0 aromatic heterocycles. The smallest absolute Gasteiger partial charge is 0.198 e. The molecule has 0 radical (unpaired) electrons. The maximum atomic E-state index is 12.1. The molecule has 1 aliphatic heterocycles. The molecule has 1 N–H and O–H groups in total. The first kappa shape index (κ1) is 19.4. The average molecular weight is 404 g/mol. The van der Waals surface area contributed by atoms with Crippen LogP contribution >= 0.6 is 0 Å². The van der Waals surface area contributed by atoms with Crippen LogP contribution in [0.5, 0.6) is 0 Å². The normalized spacial score (nSPS) is 27.7. The first-order chi connectivity index (χ1) is 14.5. The molecule has 0 bridgehead atoms. The Labute approximate surface area is 178 Å². The van der Waals surface area contributed by atoms with Gasteiger partial charge in [-0.05, 0) is 49.8 Å². The predicted octanol–water partition coefficient (Wildman–Crippen LogP) is 5.04. The molecule has 4 nitrogen and oxygen atoms in total. The fourth-order valence-corrected chi connectivity index (χ4v) is 5.68. The average Bonchev–Trinajstić information content (AvgIpc) is 3.39. The molecule has 4 heteroatoms. The standard InChI is InChI=1S/C26H29NO3/c1-25(2)16-30-24(27-25)26(23(28)17-10-5-4-6-11-17)20-14-8-7-12-18(20)22(29-3)19-13-9-15-21(19)26/h4-8,10-12,14,21,23,28H,9,13,15-16H2,1-3H3/t21-,23?,26+/m0/s1. The van der Waals surface area contributed by atoms with E-state index in [1.807, 2.05) is 42.5 Å². The lowest BCUT2D eigenvalue weighted by molar-refractivity contribution is 0.0737. The molecule has 3 aliphatic rings. The lowest BCUT2D eigenvalue weighted by Crippen LogP contribution is -2.50. The van der Waals surface area contributed by atoms with Crippen LogP contribution in [-0.4, -0.2) is 30.3 Å². The topological polar surface area (TPSA) is 51.0 Å². The number of hydrogen-bond donors (Lipinski definition) is 1. The van der Waals surface area contributed by atoms with Crippen molar-refractivity contribution in [2.45, 2.75) is 50.2 Å². The van der Waals surface area contributed by atoms with Crippen molar-refractivity contribution in [1.29, 1.82) is 0 Å². The summed E-state index contributed by atoms with van der Waals surface area (Å²) in [4.78, 5) is 5.04. The molecule has 1 unspecified atom stereocenters. The third-order valence-electron chi connectivity index (χ3n) is 6.89. The second-order valence-corrected chi connectivity index (χ2v) is 9.25. The number of rotatable bonds is 4. The maximum absolute atomic E-state index is 12.1. The summed E-state index contributed by atoms with van der Waals surface area (Å²) in [5.74, 6) is 1.71. The Morgan fingerprint density at radius 1 is 1.10 bits per heavy atom. The van der Waals surface area contributed by atoms with E-state index >= 15 is 0 Å². The zero-order valence-corrected chi connectivity index (χ0v) is 17.9. The van der Waals surface area contributed by atoms with Gasteiger partial charge in [0.25, 0.3) is 0 Å². The van der Waals surface area contributed by atoms with Crippen LogP contribution in [0, 0.1) is 5.92 Å². The molecular formula is C26H29NO3. The number of benzene rings is 2. The highest BCUT2D eigenvalue weighted by molar-refractivity contribution is 5.95. The van der Waals surface area contributed by atoms with Gasteiger partial charge >= 0.3 is 0 Å². The van der Waals surface area contributed by atoms with Crippen LogP contribution in [0.2, 0.25) is 0 Å². The molecule has 0 amide bonds. The van der Waals surface area contributed by atoms with Gasteiger partial charge in [0.1, 0.15) is 17.8 Å². The first-order valence-corrected chi connectivity index (χ1v) is 10.8. The van der Waals surface area contributed by atoms with Gasteiger partial charge in [0.15, 0.2) is 5.90 Å². The van der Waals surface area contributed by atoms with E-state index in [2.05, 4.69) is 26.0 Å². The van der Waals surface area contributed by atoms with E-state index in [1.165, 1.54) is 5.57 Å². The molecule has 0 spiro atoms. The molecule has 0 saturated heterocycles. The van der Waals surface area contributed by atoms with Crippen LogP contribution in [0.3, 0.4) is 0 Å². The van der Waals surface area contributed by atoms with Gasteiger partial charge in [0.2, 0.25) is 0 Å². The van der Waals surface area contributed by atoms with Gasteiger partial charge in [-0.25, -0.2) is 4.99 Å². The first-order valence-electron chi connectivity index (χ1n) is 10.8. The number of nitrogens with zero attached hydrogens (tertiary/aromatic N) is 1. The number of aliphatic imine (C=N–C) groups is 1. The van der Waals surface area contributed by atoms with Crippen LogP contribution in [0.25, 0.3) is 5.76 Å². The summed E-state index contributed by atoms with van der Waals surface area (Å²) in [6.07, 6.45) is 2.25. The van der Waals surface area contributed by atoms with Crippen molar-refractivity contribution < 1.29 is 14.6 Å². The van der Waals surface area contributed by atoms with Crippen molar-refractivity contribution in [2.24, 2.45) is 10.9 Å². The molecule has 30 heavy (non-hydrogen) atoms. The second kappa shape index (κ2) is 6.98. The van der Waals surface area contributed by atoms with Gasteiger partial charge in [-0.1, -0.05) is 54.6 Å². The van der Waals surface area contributed by atoms with Crippen LogP contribution in [0.1, 0.15) is 55.9 Å². The van der Waals surface area contributed by atoms with Crippen molar-refractivity contribution in [3.05, 3.63) is 76.9 Å². The number of aliphatic hydroxyl groups excluding tert-OH is 1. The van der Waals surface area contributed by atoms with Crippen LogP contribution in [-0.2, 0) is 14.9 Å². The zero-order valence-electron chi connectivity index (χ0n) is 17.9. The summed E-state index contributed by atoms with van der Waals surface area (Å²) in [5, 5.41) is 12.1. The molecule has 2 aromatic rings. The summed E-state index contributed by atoms with van der Waals surface area (Å²) in [5.41, 5.74) is 3.18. The lowest BCUT2D eigenvalue weighted by Gasteiger charge is -2.47. The van der Waals surface area contributed by atoms with Crippen LogP contribution in [0.4, 0.5) is 0 Å². The molecule has 1 fully saturated rings. The fraction of sp³-hybridized carbons (Fsp3) is 0.423. The number of ether oxygens (including phenoxy) is 2. The Morgan fingerprint density at radius 2 is 1.83 bits per heavy atom. The van der Waals surface area contributed by atoms with Crippen molar-refractivity contribution in [3.8, 4) is 0 Å². The Morgan fingerprint density at radius 3 is 2.53 bits per heavy atom. The summed E-state index contributed by atoms with van der Waals surface area (Å²) < 4.78 is 12.2. The minimum atomic E-state index is -0.774.